The summed E-state index contributed by atoms with van der Waals surface area (Å²) >= 11 is 1.19. The van der Waals surface area contributed by atoms with Crippen LogP contribution in [0.4, 0.5) is 15.8 Å². The number of rotatable bonds is 6. The van der Waals surface area contributed by atoms with Crippen LogP contribution in [0.15, 0.2) is 60.0 Å². The Hall–Kier alpha value is -3.86. The third kappa shape index (κ3) is 4.36. The van der Waals surface area contributed by atoms with Crippen LogP contribution in [0.25, 0.3) is 16.7 Å². The smallest absolute Gasteiger partial charge is 0.271 e. The fraction of sp³-hybridized carbons (Fsp3) is 0.100. The zero-order valence-electron chi connectivity index (χ0n) is 16.2. The zero-order chi connectivity index (χ0) is 22.0. The molecular weight excluding hydrogens is 423 g/mol. The number of nitrogens with one attached hydrogen (secondary N) is 1. The van der Waals surface area contributed by atoms with Crippen molar-refractivity contribution in [2.45, 2.75) is 11.9 Å². The molecule has 9 nitrogen and oxygen atoms in total. The van der Waals surface area contributed by atoms with Gasteiger partial charge in [-0.25, -0.2) is 19.0 Å². The highest BCUT2D eigenvalue weighted by molar-refractivity contribution is 8.00. The lowest BCUT2D eigenvalue weighted by molar-refractivity contribution is -0.384. The molecule has 2 aromatic heterocycles. The van der Waals surface area contributed by atoms with Crippen LogP contribution in [-0.4, -0.2) is 36.3 Å². The van der Waals surface area contributed by atoms with Crippen molar-refractivity contribution < 1.29 is 14.1 Å². The fourth-order valence-corrected chi connectivity index (χ4v) is 3.65. The van der Waals surface area contributed by atoms with Gasteiger partial charge in [0.25, 0.3) is 5.69 Å². The molecule has 1 N–H and O–H groups in total. The van der Waals surface area contributed by atoms with E-state index in [1.165, 1.54) is 42.4 Å². The van der Waals surface area contributed by atoms with Crippen molar-refractivity contribution in [1.29, 1.82) is 0 Å². The number of nitro benzene ring substituents is 1. The molecule has 0 saturated heterocycles. The maximum Gasteiger partial charge on any atom is 0.271 e. The second-order valence-corrected chi connectivity index (χ2v) is 7.51. The van der Waals surface area contributed by atoms with E-state index < -0.39 is 4.92 Å². The second-order valence-electron chi connectivity index (χ2n) is 6.54. The Bertz CT molecular complexity index is 1290. The first-order valence-electron chi connectivity index (χ1n) is 9.05. The van der Waals surface area contributed by atoms with Gasteiger partial charge in [-0.3, -0.25) is 14.9 Å². The van der Waals surface area contributed by atoms with E-state index >= 15 is 0 Å². The number of benzene rings is 2. The Labute approximate surface area is 179 Å². The highest BCUT2D eigenvalue weighted by atomic mass is 32.2. The zero-order valence-corrected chi connectivity index (χ0v) is 17.0. The van der Waals surface area contributed by atoms with Gasteiger partial charge in [0.2, 0.25) is 5.91 Å². The average molecular weight is 438 g/mol. The van der Waals surface area contributed by atoms with Gasteiger partial charge in [0.15, 0.2) is 5.65 Å². The molecule has 11 heteroatoms. The van der Waals surface area contributed by atoms with E-state index in [4.69, 9.17) is 0 Å². The maximum atomic E-state index is 13.2. The normalized spacial score (nSPS) is 10.9. The Morgan fingerprint density at radius 1 is 1.23 bits per heavy atom. The highest BCUT2D eigenvalue weighted by Gasteiger charge is 2.15. The first kappa shape index (κ1) is 20.4. The molecule has 4 rings (SSSR count). The molecule has 0 fully saturated rings. The van der Waals surface area contributed by atoms with Crippen LogP contribution in [0.3, 0.4) is 0 Å². The Morgan fingerprint density at radius 2 is 2.00 bits per heavy atom. The quantitative estimate of drug-likeness (QED) is 0.210. The van der Waals surface area contributed by atoms with E-state index in [9.17, 15) is 19.3 Å². The number of fused-ring (bicyclic) bond motifs is 1. The maximum absolute atomic E-state index is 13.2. The molecule has 0 saturated carbocycles. The van der Waals surface area contributed by atoms with Gasteiger partial charge in [-0.15, -0.1) is 0 Å². The van der Waals surface area contributed by atoms with Gasteiger partial charge in [-0.2, -0.15) is 5.10 Å². The summed E-state index contributed by atoms with van der Waals surface area (Å²) in [5, 5.41) is 19.2. The number of amides is 1. The van der Waals surface area contributed by atoms with Crippen LogP contribution in [0.1, 0.15) is 5.56 Å². The number of carbonyl (C=O) groups excluding carboxylic acids is 1. The van der Waals surface area contributed by atoms with Gasteiger partial charge in [0.05, 0.1) is 33.6 Å². The largest absolute Gasteiger partial charge is 0.325 e. The standard InChI is InChI=1S/C20H15FN6O3S/c1-12-2-5-15(27(29)30)8-17(12)25-18(28)10-31-20-16-9-24-26(19(16)22-11-23-20)14-6-3-13(21)4-7-14/h2-9,11H,10H2,1H3,(H,25,28). The van der Waals surface area contributed by atoms with Crippen LogP contribution < -0.4 is 5.32 Å². The molecule has 0 unspecified atom stereocenters. The average Bonchev–Trinajstić information content (AvgIpc) is 3.19. The molecule has 0 bridgehead atoms. The number of nitro groups is 1. The summed E-state index contributed by atoms with van der Waals surface area (Å²) in [6, 6.07) is 10.1. The number of thioether (sulfide) groups is 1. The monoisotopic (exact) mass is 438 g/mol. The van der Waals surface area contributed by atoms with E-state index in [2.05, 4.69) is 20.4 Å². The number of nitrogens with zero attached hydrogens (tertiary/aromatic N) is 5. The van der Waals surface area contributed by atoms with Gasteiger partial charge in [-0.05, 0) is 36.8 Å². The topological polar surface area (TPSA) is 116 Å². The molecular formula is C20H15FN6O3S. The fourth-order valence-electron chi connectivity index (χ4n) is 2.89. The predicted octanol–water partition coefficient (Wildman–Crippen LogP) is 3.90. The SMILES string of the molecule is Cc1ccc([N+](=O)[O-])cc1NC(=O)CSc1ncnc2c1cnn2-c1ccc(F)cc1. The number of halogens is 1. The summed E-state index contributed by atoms with van der Waals surface area (Å²) in [7, 11) is 0. The Kier molecular flexibility index (Phi) is 5.58. The number of aromatic nitrogens is 4. The van der Waals surface area contributed by atoms with Gasteiger partial charge >= 0.3 is 0 Å². The number of anilines is 1. The van der Waals surface area contributed by atoms with Crippen molar-refractivity contribution in [1.82, 2.24) is 19.7 Å². The molecule has 0 spiro atoms. The number of aryl methyl sites for hydroxylation is 1. The Balaban J connectivity index is 1.51. The molecule has 4 aromatic rings. The number of hydrogen-bond donors (Lipinski definition) is 1. The van der Waals surface area contributed by atoms with E-state index in [-0.39, 0.29) is 23.2 Å². The summed E-state index contributed by atoms with van der Waals surface area (Å²) in [5.74, 6) is -0.641. The van der Waals surface area contributed by atoms with Crippen molar-refractivity contribution in [2.75, 3.05) is 11.1 Å². The molecule has 0 aliphatic rings. The minimum atomic E-state index is -0.514. The second kappa shape index (κ2) is 8.48. The van der Waals surface area contributed by atoms with E-state index in [0.717, 1.165) is 0 Å². The first-order valence-corrected chi connectivity index (χ1v) is 10.0. The minimum absolute atomic E-state index is 0.0377. The van der Waals surface area contributed by atoms with Crippen molar-refractivity contribution in [2.24, 2.45) is 0 Å². The molecule has 2 heterocycles. The van der Waals surface area contributed by atoms with Gasteiger partial charge < -0.3 is 5.32 Å². The number of non-ortho nitro benzene ring substituents is 1. The van der Waals surface area contributed by atoms with Crippen molar-refractivity contribution in [3.63, 3.8) is 0 Å². The summed E-state index contributed by atoms with van der Waals surface area (Å²) in [4.78, 5) is 31.3. The third-order valence-corrected chi connectivity index (χ3v) is 5.45. The molecule has 0 aliphatic carbocycles. The first-order chi connectivity index (χ1) is 14.9. The minimum Gasteiger partial charge on any atom is -0.325 e. The lowest BCUT2D eigenvalue weighted by Gasteiger charge is -2.08. The molecule has 0 atom stereocenters. The molecule has 31 heavy (non-hydrogen) atoms. The summed E-state index contributed by atoms with van der Waals surface area (Å²) in [5.41, 5.74) is 2.17. The Morgan fingerprint density at radius 3 is 2.74 bits per heavy atom. The highest BCUT2D eigenvalue weighted by Crippen LogP contribution is 2.27. The van der Waals surface area contributed by atoms with Crippen LogP contribution in [0.2, 0.25) is 0 Å². The van der Waals surface area contributed by atoms with Crippen LogP contribution in [0, 0.1) is 22.9 Å². The lowest BCUT2D eigenvalue weighted by atomic mass is 10.2. The molecule has 0 aliphatic heterocycles. The number of carbonyl (C=O) groups is 1. The summed E-state index contributed by atoms with van der Waals surface area (Å²) < 4.78 is 14.8. The van der Waals surface area contributed by atoms with Crippen LogP contribution in [-0.2, 0) is 4.79 Å². The van der Waals surface area contributed by atoms with Gasteiger partial charge in [0, 0.05) is 12.1 Å². The van der Waals surface area contributed by atoms with E-state index in [1.54, 1.807) is 36.0 Å². The van der Waals surface area contributed by atoms with E-state index in [1.807, 2.05) is 0 Å². The predicted molar refractivity (Wildman–Crippen MR) is 114 cm³/mol. The number of hydrogen-bond acceptors (Lipinski definition) is 7. The molecule has 2 aromatic carbocycles. The van der Waals surface area contributed by atoms with Crippen molar-refractivity contribution >= 4 is 40.1 Å². The third-order valence-electron chi connectivity index (χ3n) is 4.45. The molecule has 156 valence electrons. The lowest BCUT2D eigenvalue weighted by Crippen LogP contribution is -2.15. The van der Waals surface area contributed by atoms with Crippen LogP contribution in [0.5, 0.6) is 0 Å². The summed E-state index contributed by atoms with van der Waals surface area (Å²) in [6.45, 7) is 1.75. The van der Waals surface area contributed by atoms with Gasteiger partial charge in [-0.1, -0.05) is 17.8 Å². The van der Waals surface area contributed by atoms with Crippen molar-refractivity contribution in [3.05, 3.63) is 76.5 Å². The van der Waals surface area contributed by atoms with E-state index in [0.29, 0.717) is 33.0 Å². The van der Waals surface area contributed by atoms with Gasteiger partial charge in [0.1, 0.15) is 17.2 Å². The molecule has 1 amide bonds. The summed E-state index contributed by atoms with van der Waals surface area (Å²) in [6.07, 6.45) is 2.96. The van der Waals surface area contributed by atoms with Crippen molar-refractivity contribution in [3.8, 4) is 5.69 Å². The van der Waals surface area contributed by atoms with Crippen LogP contribution >= 0.6 is 11.8 Å². The molecule has 0 radical (unpaired) electrons.